The first-order chi connectivity index (χ1) is 15.8. The van der Waals surface area contributed by atoms with Crippen LogP contribution in [0.3, 0.4) is 0 Å². The second-order valence-corrected chi connectivity index (χ2v) is 8.91. The molecule has 1 aromatic heterocycles. The Labute approximate surface area is 195 Å². The smallest absolute Gasteiger partial charge is 0.340 e. The first-order valence-electron chi connectivity index (χ1n) is 9.87. The molecule has 168 valence electrons. The summed E-state index contributed by atoms with van der Waals surface area (Å²) in [6, 6.07) is 16.5. The topological polar surface area (TPSA) is 62.1 Å². The fourth-order valence-corrected chi connectivity index (χ4v) is 5.02. The highest BCUT2D eigenvalue weighted by atomic mass is 35.5. The highest BCUT2D eigenvalue weighted by molar-refractivity contribution is 7.99. The second kappa shape index (κ2) is 8.31. The average Bonchev–Trinajstić information content (AvgIpc) is 3.23. The lowest BCUT2D eigenvalue weighted by Crippen LogP contribution is -2.24. The fourth-order valence-electron chi connectivity index (χ4n) is 3.73. The van der Waals surface area contributed by atoms with E-state index in [2.05, 4.69) is 19.6 Å². The molecule has 0 spiro atoms. The van der Waals surface area contributed by atoms with Crippen molar-refractivity contribution >= 4 is 34.7 Å². The molecule has 0 amide bonds. The van der Waals surface area contributed by atoms with Crippen LogP contribution in [0.25, 0.3) is 22.5 Å². The maximum absolute atomic E-state index is 12.9. The predicted molar refractivity (Wildman–Crippen MR) is 122 cm³/mol. The van der Waals surface area contributed by atoms with Gasteiger partial charge in [0.05, 0.1) is 16.3 Å². The lowest BCUT2D eigenvalue weighted by molar-refractivity contribution is -0.137. The molecule has 0 radical (unpaired) electrons. The van der Waals surface area contributed by atoms with E-state index < -0.39 is 17.5 Å². The van der Waals surface area contributed by atoms with Crippen LogP contribution in [0.1, 0.15) is 5.56 Å². The average molecular weight is 490 g/mol. The number of fused-ring (bicyclic) bond motifs is 1. The number of aromatic nitrogens is 2. The summed E-state index contributed by atoms with van der Waals surface area (Å²) in [6.45, 7) is 0.758. The Hall–Kier alpha value is -3.17. The van der Waals surface area contributed by atoms with Crippen molar-refractivity contribution in [1.82, 2.24) is 10.1 Å². The number of thioether (sulfide) groups is 1. The molecule has 0 saturated carbocycles. The predicted octanol–water partition coefficient (Wildman–Crippen LogP) is 6.61. The van der Waals surface area contributed by atoms with Gasteiger partial charge >= 0.3 is 11.9 Å². The minimum atomic E-state index is -4.36. The molecule has 0 aliphatic carbocycles. The number of nitrogens with zero attached hydrogens (tertiary/aromatic N) is 2. The Morgan fingerprint density at radius 1 is 1.03 bits per heavy atom. The zero-order chi connectivity index (χ0) is 23.2. The largest absolute Gasteiger partial charge is 0.439 e. The lowest BCUT2D eigenvalue weighted by Gasteiger charge is -2.31. The van der Waals surface area contributed by atoms with Gasteiger partial charge in [-0.2, -0.15) is 13.2 Å². The summed E-state index contributed by atoms with van der Waals surface area (Å²) >= 11 is 8.15. The zero-order valence-corrected chi connectivity index (χ0v) is 18.4. The van der Waals surface area contributed by atoms with Crippen LogP contribution in [-0.4, -0.2) is 22.4 Å². The van der Waals surface area contributed by atoms with E-state index in [-0.39, 0.29) is 5.82 Å². The van der Waals surface area contributed by atoms with Crippen LogP contribution in [0.4, 0.5) is 24.5 Å². The highest BCUT2D eigenvalue weighted by Gasteiger charge is 2.30. The molecule has 1 aliphatic heterocycles. The molecule has 5 nitrogen and oxygen atoms in total. The number of rotatable bonds is 3. The Kier molecular flexibility index (Phi) is 5.46. The van der Waals surface area contributed by atoms with Crippen LogP contribution >= 0.6 is 23.4 Å². The van der Waals surface area contributed by atoms with Crippen LogP contribution in [0.15, 0.2) is 74.9 Å². The van der Waals surface area contributed by atoms with Gasteiger partial charge in [-0.1, -0.05) is 35.0 Å². The zero-order valence-electron chi connectivity index (χ0n) is 16.8. The van der Waals surface area contributed by atoms with Gasteiger partial charge in [-0.25, -0.2) is 4.79 Å². The molecular weight excluding hydrogens is 475 g/mol. The Morgan fingerprint density at radius 3 is 2.45 bits per heavy atom. The van der Waals surface area contributed by atoms with E-state index in [1.807, 2.05) is 24.3 Å². The third kappa shape index (κ3) is 4.26. The summed E-state index contributed by atoms with van der Waals surface area (Å²) in [6.07, 6.45) is -4.36. The van der Waals surface area contributed by atoms with E-state index in [4.69, 9.17) is 11.6 Å². The van der Waals surface area contributed by atoms with Gasteiger partial charge < -0.3 is 4.90 Å². The van der Waals surface area contributed by atoms with Crippen LogP contribution < -0.4 is 10.7 Å². The van der Waals surface area contributed by atoms with Gasteiger partial charge in [-0.05, 0) is 53.6 Å². The molecule has 5 rings (SSSR count). The Bertz CT molecular complexity index is 1380. The second-order valence-electron chi connectivity index (χ2n) is 7.37. The third-order valence-corrected chi connectivity index (χ3v) is 6.67. The van der Waals surface area contributed by atoms with Crippen molar-refractivity contribution in [2.24, 2.45) is 0 Å². The minimum Gasteiger partial charge on any atom is -0.340 e. The number of anilines is 2. The van der Waals surface area contributed by atoms with Crippen molar-refractivity contribution in [3.8, 4) is 22.5 Å². The van der Waals surface area contributed by atoms with Crippen LogP contribution in [-0.2, 0) is 6.18 Å². The number of hydrogen-bond donors (Lipinski definition) is 1. The molecule has 1 aliphatic rings. The monoisotopic (exact) mass is 489 g/mol. The number of H-pyrrole nitrogens is 1. The van der Waals surface area contributed by atoms with Crippen molar-refractivity contribution < 1.29 is 17.7 Å². The summed E-state index contributed by atoms with van der Waals surface area (Å²) in [4.78, 5) is 16.9. The van der Waals surface area contributed by atoms with Crippen molar-refractivity contribution in [2.45, 2.75) is 11.1 Å². The van der Waals surface area contributed by atoms with Gasteiger partial charge in [0.15, 0.2) is 5.82 Å². The Morgan fingerprint density at radius 2 is 1.79 bits per heavy atom. The minimum absolute atomic E-state index is 0.257. The number of halogens is 4. The SMILES string of the molecule is O=c1[nH]c(-c2ccc(N3CCSc4cc(-c5ccc(C(F)(F)F)cc5)ccc43)cc2Cl)no1. The number of aromatic amines is 1. The molecule has 0 saturated heterocycles. The number of benzene rings is 3. The molecule has 0 unspecified atom stereocenters. The van der Waals surface area contributed by atoms with Gasteiger partial charge in [0.1, 0.15) is 0 Å². The standard InChI is InChI=1S/C23H15ClF3N3O2S/c24-18-12-16(6-7-17(18)21-28-22(31)32-29-21)30-9-10-33-20-11-14(3-8-19(20)30)13-1-4-15(5-2-13)23(25,26)27/h1-8,11-12H,9-10H2,(H,28,29,31). The Balaban J connectivity index is 1.45. The third-order valence-electron chi connectivity index (χ3n) is 5.33. The van der Waals surface area contributed by atoms with Gasteiger partial charge in [0, 0.05) is 28.4 Å². The lowest BCUT2D eigenvalue weighted by atomic mass is 10.0. The molecule has 2 heterocycles. The molecule has 3 aromatic carbocycles. The first kappa shape index (κ1) is 21.7. The molecule has 0 bridgehead atoms. The summed E-state index contributed by atoms with van der Waals surface area (Å²) in [5.41, 5.74) is 3.31. The van der Waals surface area contributed by atoms with Gasteiger partial charge in [-0.15, -0.1) is 11.8 Å². The molecule has 33 heavy (non-hydrogen) atoms. The van der Waals surface area contributed by atoms with Gasteiger partial charge in [-0.3, -0.25) is 9.51 Å². The summed E-state index contributed by atoms with van der Waals surface area (Å²) in [5, 5.41) is 4.09. The maximum atomic E-state index is 12.9. The van der Waals surface area contributed by atoms with Crippen LogP contribution in [0.2, 0.25) is 5.02 Å². The number of alkyl halides is 3. The van der Waals surface area contributed by atoms with E-state index in [1.165, 1.54) is 12.1 Å². The molecule has 0 atom stereocenters. The van der Waals surface area contributed by atoms with E-state index in [9.17, 15) is 18.0 Å². The maximum Gasteiger partial charge on any atom is 0.439 e. The first-order valence-corrected chi connectivity index (χ1v) is 11.2. The van der Waals surface area contributed by atoms with Crippen molar-refractivity contribution in [1.29, 1.82) is 0 Å². The quantitative estimate of drug-likeness (QED) is 0.350. The van der Waals surface area contributed by atoms with Crippen molar-refractivity contribution in [2.75, 3.05) is 17.2 Å². The van der Waals surface area contributed by atoms with Crippen molar-refractivity contribution in [3.05, 3.63) is 81.8 Å². The van der Waals surface area contributed by atoms with Crippen LogP contribution in [0.5, 0.6) is 0 Å². The number of nitrogens with one attached hydrogen (secondary N) is 1. The van der Waals surface area contributed by atoms with Gasteiger partial charge in [0.25, 0.3) is 0 Å². The summed E-state index contributed by atoms with van der Waals surface area (Å²) < 4.78 is 43.1. The van der Waals surface area contributed by atoms with Gasteiger partial charge in [0.2, 0.25) is 0 Å². The number of hydrogen-bond acceptors (Lipinski definition) is 5. The highest BCUT2D eigenvalue weighted by Crippen LogP contribution is 2.42. The molecule has 0 fully saturated rings. The molecule has 10 heteroatoms. The molecule has 4 aromatic rings. The molecule has 1 N–H and O–H groups in total. The van der Waals surface area contributed by atoms with E-state index in [0.717, 1.165) is 51.8 Å². The van der Waals surface area contributed by atoms with E-state index >= 15 is 0 Å². The van der Waals surface area contributed by atoms with E-state index in [0.29, 0.717) is 10.6 Å². The van der Waals surface area contributed by atoms with E-state index in [1.54, 1.807) is 23.9 Å². The fraction of sp³-hybridized carbons (Fsp3) is 0.130. The van der Waals surface area contributed by atoms with Crippen molar-refractivity contribution in [3.63, 3.8) is 0 Å². The summed E-state index contributed by atoms with van der Waals surface area (Å²) in [7, 11) is 0. The van der Waals surface area contributed by atoms with Crippen LogP contribution in [0, 0.1) is 0 Å². The summed E-state index contributed by atoms with van der Waals surface area (Å²) in [5.74, 6) is 0.433. The molecular formula is C23H15ClF3N3O2S. The normalized spacial score (nSPS) is 13.8.